The number of halogens is 1. The molecular formula is C100H170ClN5O14. The van der Waals surface area contributed by atoms with Gasteiger partial charge in [-0.15, -0.1) is 11.6 Å². The summed E-state index contributed by atoms with van der Waals surface area (Å²) in [5, 5.41) is 38.6. The quantitative estimate of drug-likeness (QED) is 0.0269. The highest BCUT2D eigenvalue weighted by Gasteiger charge is 2.59. The summed E-state index contributed by atoms with van der Waals surface area (Å²) in [7, 11) is 4.31. The fourth-order valence-electron chi connectivity index (χ4n) is 24.0. The Morgan fingerprint density at radius 3 is 1.59 bits per heavy atom. The van der Waals surface area contributed by atoms with E-state index < -0.39 is 11.6 Å². The number of nitrogens with zero attached hydrogens (tertiary/aromatic N) is 1. The molecule has 19 nitrogen and oxygen atoms in total. The van der Waals surface area contributed by atoms with E-state index in [-0.39, 0.29) is 71.0 Å². The van der Waals surface area contributed by atoms with Gasteiger partial charge < -0.3 is 70.3 Å². The van der Waals surface area contributed by atoms with Crippen molar-refractivity contribution in [2.45, 2.75) is 388 Å². The van der Waals surface area contributed by atoms with Crippen LogP contribution in [0.4, 0.5) is 9.59 Å². The monoisotopic (exact) mass is 1700 g/mol. The maximum Gasteiger partial charge on any atom is 0.407 e. The number of hydrogen-bond donors (Lipinski definition) is 7. The molecule has 12 aliphatic carbocycles. The van der Waals surface area contributed by atoms with Crippen LogP contribution in [0.25, 0.3) is 0 Å². The molecule has 120 heavy (non-hydrogen) atoms. The average Bonchev–Trinajstić information content (AvgIpc) is 1.43. The zero-order chi connectivity index (χ0) is 87.4. The molecular weight excluding hydrogens is 1530 g/mol. The van der Waals surface area contributed by atoms with E-state index in [0.29, 0.717) is 104 Å². The number of ether oxygens (including phenoxy) is 6. The van der Waals surface area contributed by atoms with Crippen LogP contribution in [0.15, 0.2) is 58.2 Å². The minimum Gasteiger partial charge on any atom is -0.446 e. The molecule has 9 fully saturated rings. The number of carbonyl (C=O) groups is 5. The molecule has 0 aromatic heterocycles. The van der Waals surface area contributed by atoms with E-state index in [4.69, 9.17) is 34.2 Å². The first-order valence-corrected chi connectivity index (χ1v) is 49.2. The molecule has 2 saturated heterocycles. The van der Waals surface area contributed by atoms with Gasteiger partial charge in [0.05, 0.1) is 38.6 Å². The normalized spacial score (nSPS) is 34.8. The molecule has 17 atom stereocenters. The van der Waals surface area contributed by atoms with Crippen LogP contribution in [-0.4, -0.2) is 178 Å². The second-order valence-electron chi connectivity index (χ2n) is 40.1. The lowest BCUT2D eigenvalue weighted by molar-refractivity contribution is -0.238. The van der Waals surface area contributed by atoms with Crippen molar-refractivity contribution in [1.82, 2.24) is 20.9 Å². The molecule has 0 aromatic rings. The molecule has 2 spiro atoms. The Bertz CT molecular complexity index is 3370. The van der Waals surface area contributed by atoms with Crippen LogP contribution in [-0.2, 0) is 42.8 Å². The summed E-state index contributed by atoms with van der Waals surface area (Å²) in [5.41, 5.74) is 12.7. The number of alkyl carbamates (subject to hydrolysis) is 2. The highest BCUT2D eigenvalue weighted by Crippen LogP contribution is 2.60. The number of aliphatic hydroxyl groups is 3. The predicted molar refractivity (Wildman–Crippen MR) is 483 cm³/mol. The van der Waals surface area contributed by atoms with Gasteiger partial charge in [0.1, 0.15) is 18.0 Å². The lowest BCUT2D eigenvalue weighted by atomic mass is 9.53. The number of carbonyl (C=O) groups excluding carboxylic acids is 5. The largest absolute Gasteiger partial charge is 0.446 e. The number of aliphatic hydroxyl groups excluding tert-OH is 3. The highest BCUT2D eigenvalue weighted by molar-refractivity contribution is 6.15. The van der Waals surface area contributed by atoms with Gasteiger partial charge in [-0.3, -0.25) is 14.4 Å². The van der Waals surface area contributed by atoms with Gasteiger partial charge in [-0.2, -0.15) is 0 Å². The SMILES string of the molecule is CC1CC=C2C[C@@H](OC(=O)NCCCCCCN)CC[C@]2(C)C1C.CCCCCCCN(C)C1CCC[C@H]2[C@H](CCO)C(O)CC[C@]12C.CCl.CNCCCCCCNC(=O)O[C@H]1CC[C@@]2(C)C(=CCC(C)C2C)C1.C[C@]12CCC(=O)C=C1CCCC21OCCO1.C[C@]12CCC(=O)C=C1CCCC2=O.C[C@]12CCC(O)C=C1CCCC21OCCO1. The van der Waals surface area contributed by atoms with Crippen LogP contribution >= 0.6 is 11.6 Å². The summed E-state index contributed by atoms with van der Waals surface area (Å²) in [6.07, 6.45) is 55.1. The van der Waals surface area contributed by atoms with Crippen LogP contribution < -0.4 is 21.7 Å². The summed E-state index contributed by atoms with van der Waals surface area (Å²) in [4.78, 5) is 61.0. The van der Waals surface area contributed by atoms with Gasteiger partial charge in [0.25, 0.3) is 0 Å². The number of Topliss-reactive ketones (excluding diaryl/α,β-unsaturated/α-hetero) is 1. The number of nitrogens with two attached hydrogens (primary N) is 1. The van der Waals surface area contributed by atoms with E-state index in [9.17, 15) is 39.3 Å². The summed E-state index contributed by atoms with van der Waals surface area (Å²) >= 11 is 4.64. The predicted octanol–water partition coefficient (Wildman–Crippen LogP) is 20.4. The van der Waals surface area contributed by atoms with E-state index in [1.807, 2.05) is 26.1 Å². The average molecular weight is 1700 g/mol. The third-order valence-corrected chi connectivity index (χ3v) is 32.7. The zero-order valence-corrected chi connectivity index (χ0v) is 78.5. The third kappa shape index (κ3) is 25.5. The Balaban J connectivity index is 0.000000181. The molecule has 8 N–H and O–H groups in total. The first kappa shape index (κ1) is 102. The molecule has 0 bridgehead atoms. The zero-order valence-electron chi connectivity index (χ0n) is 77.7. The molecule has 7 saturated carbocycles. The highest BCUT2D eigenvalue weighted by atomic mass is 35.5. The van der Waals surface area contributed by atoms with E-state index in [1.165, 1.54) is 106 Å². The molecule has 2 heterocycles. The van der Waals surface area contributed by atoms with Gasteiger partial charge >= 0.3 is 12.2 Å². The number of fused-ring (bicyclic) bond motifs is 8. The van der Waals surface area contributed by atoms with Crippen LogP contribution in [0.5, 0.6) is 0 Å². The fourth-order valence-corrected chi connectivity index (χ4v) is 24.0. The Hall–Kier alpha value is -3.86. The molecule has 14 aliphatic rings. The molecule has 20 heteroatoms. The van der Waals surface area contributed by atoms with E-state index in [1.54, 1.807) is 6.08 Å². The second kappa shape index (κ2) is 48.3. The van der Waals surface area contributed by atoms with E-state index in [2.05, 4.69) is 121 Å². The minimum atomic E-state index is -0.433. The lowest BCUT2D eigenvalue weighted by Gasteiger charge is -2.57. The standard InChI is InChI=1S/C21H38N2O2.C21H41NO2.C20H36N2O2.C13H20O3.C13H18O3.C11H14O2.CH3Cl/c1-16-9-10-18-15-19(11-12-21(18,3)17(16)2)25-20(24)23-14-8-6-5-7-13-22-4;1-4-5-6-7-8-15-22(3)20-11-9-10-18-17(13-16-23)19(24)12-14-21(18,20)2;1-15-8-9-17-14-18(10-11-20(17,3)16(15)2)24-19(23)22-13-7-5-4-6-12-21;2*1-12-6-4-11(14)9-10(12)3-2-5-13(12)15-7-8-16-13;1-11-6-5-9(12)7-8(11)3-2-4-10(11)13;1-2/h10,16-17,19,22H,5-9,11-15H2,1-4H3,(H,23,24);17-20,23-24H,4-16H2,1-3H3;9,15-16,18H,4-8,10-14,21H2,1-3H3,(H,22,23);9,11,14H,2-8H2,1H3;9H,2-8H2,1H3;7H,2-6H2,1H3;1H3/t16?,17?,19-,21+;17-,18-,19?,20?,21-;15?,16?,18-,20+;11?,12-;12-;11-;/m000000./s1. The molecule has 2 aliphatic heterocycles. The number of nitrogens with one attached hydrogen (secondary N) is 3. The summed E-state index contributed by atoms with van der Waals surface area (Å²) < 4.78 is 35.1. The Labute approximate surface area is 731 Å². The first-order valence-electron chi connectivity index (χ1n) is 48.4. The summed E-state index contributed by atoms with van der Waals surface area (Å²) in [6.45, 7) is 33.0. The van der Waals surface area contributed by atoms with Crippen LogP contribution in [0.2, 0.25) is 0 Å². The van der Waals surface area contributed by atoms with Crippen LogP contribution in [0, 0.1) is 68.0 Å². The van der Waals surface area contributed by atoms with Crippen molar-refractivity contribution in [3.05, 3.63) is 58.2 Å². The van der Waals surface area contributed by atoms with Gasteiger partial charge in [0.15, 0.2) is 23.1 Å². The molecule has 0 radical (unpaired) electrons. The molecule has 0 aromatic carbocycles. The summed E-state index contributed by atoms with van der Waals surface area (Å²) in [5.74, 6) is 3.77. The first-order chi connectivity index (χ1) is 57.4. The van der Waals surface area contributed by atoms with Gasteiger partial charge in [-0.1, -0.05) is 173 Å². The van der Waals surface area contributed by atoms with Crippen molar-refractivity contribution < 1.29 is 67.7 Å². The van der Waals surface area contributed by atoms with Gasteiger partial charge in [-0.05, 0) is 271 Å². The van der Waals surface area contributed by atoms with Gasteiger partial charge in [0, 0.05) is 93.3 Å². The maximum atomic E-state index is 12.0. The van der Waals surface area contributed by atoms with Gasteiger partial charge in [0.2, 0.25) is 0 Å². The van der Waals surface area contributed by atoms with Crippen molar-refractivity contribution in [2.24, 2.45) is 73.7 Å². The molecule has 14 rings (SSSR count). The van der Waals surface area contributed by atoms with Crippen molar-refractivity contribution in [3.8, 4) is 0 Å². The molecule has 686 valence electrons. The van der Waals surface area contributed by atoms with Crippen molar-refractivity contribution in [1.29, 1.82) is 0 Å². The smallest absolute Gasteiger partial charge is 0.407 e. The molecule has 7 unspecified atom stereocenters. The number of amides is 2. The van der Waals surface area contributed by atoms with Gasteiger partial charge in [-0.25, -0.2) is 9.59 Å². The lowest BCUT2D eigenvalue weighted by Crippen LogP contribution is -2.57. The molecule has 2 amide bonds. The maximum absolute atomic E-state index is 12.0. The number of rotatable bonds is 24. The van der Waals surface area contributed by atoms with Crippen LogP contribution in [0.1, 0.15) is 346 Å². The Morgan fingerprint density at radius 1 is 0.550 bits per heavy atom. The number of hydrogen-bond acceptors (Lipinski definition) is 17. The van der Waals surface area contributed by atoms with Crippen molar-refractivity contribution in [2.75, 3.05) is 86.2 Å². The number of unbranched alkanes of at least 4 members (excludes halogenated alkanes) is 10. The number of alkyl halides is 1. The topological polar surface area (TPSA) is 267 Å². The Kier molecular flexibility index (Phi) is 40.9. The summed E-state index contributed by atoms with van der Waals surface area (Å²) in [6, 6.07) is 0.649. The van der Waals surface area contributed by atoms with Crippen molar-refractivity contribution in [3.63, 3.8) is 0 Å². The fraction of sp³-hybridized carbons (Fsp3) is 0.850. The van der Waals surface area contributed by atoms with E-state index in [0.717, 1.165) is 217 Å². The number of allylic oxidation sites excluding steroid dienone is 5. The van der Waals surface area contributed by atoms with Crippen molar-refractivity contribution >= 4 is 41.1 Å². The van der Waals surface area contributed by atoms with Crippen LogP contribution in [0.3, 0.4) is 0 Å². The minimum absolute atomic E-state index is 0.0129. The Morgan fingerprint density at radius 2 is 1.05 bits per heavy atom. The van der Waals surface area contributed by atoms with E-state index >= 15 is 0 Å². The second-order valence-corrected chi connectivity index (χ2v) is 40.1. The number of ketones is 3. The third-order valence-electron chi connectivity index (χ3n) is 32.7.